The summed E-state index contributed by atoms with van der Waals surface area (Å²) in [5.41, 5.74) is 1.84. The first-order valence-corrected chi connectivity index (χ1v) is 8.99. The van der Waals surface area contributed by atoms with Crippen LogP contribution in [0.2, 0.25) is 0 Å². The Labute approximate surface area is 158 Å². The first kappa shape index (κ1) is 18.6. The third-order valence-electron chi connectivity index (χ3n) is 3.98. The molecule has 0 saturated heterocycles. The lowest BCUT2D eigenvalue weighted by Gasteiger charge is -2.13. The van der Waals surface area contributed by atoms with Gasteiger partial charge in [0.1, 0.15) is 18.7 Å². The van der Waals surface area contributed by atoms with Crippen LogP contribution in [0.5, 0.6) is 0 Å². The van der Waals surface area contributed by atoms with Crippen LogP contribution in [-0.4, -0.2) is 48.4 Å². The van der Waals surface area contributed by atoms with Crippen LogP contribution in [0.15, 0.2) is 47.9 Å². The lowest BCUT2D eigenvalue weighted by atomic mass is 10.3. The predicted molar refractivity (Wildman–Crippen MR) is 104 cm³/mol. The van der Waals surface area contributed by atoms with Crippen molar-refractivity contribution < 1.29 is 0 Å². The Hall–Kier alpha value is -3.23. The average Bonchev–Trinajstić information content (AvgIpc) is 3.30. The van der Waals surface area contributed by atoms with Crippen LogP contribution in [0.4, 0.5) is 0 Å². The maximum atomic E-state index is 4.64. The Morgan fingerprint density at radius 1 is 1.19 bits per heavy atom. The van der Waals surface area contributed by atoms with E-state index in [9.17, 15) is 0 Å². The number of hydrogen-bond acceptors (Lipinski definition) is 5. The van der Waals surface area contributed by atoms with E-state index in [0.717, 1.165) is 35.8 Å². The van der Waals surface area contributed by atoms with E-state index < -0.39 is 0 Å². The van der Waals surface area contributed by atoms with Crippen molar-refractivity contribution in [3.63, 3.8) is 0 Å². The normalized spacial score (nSPS) is 11.7. The minimum absolute atomic E-state index is 0.420. The summed E-state index contributed by atoms with van der Waals surface area (Å²) in [5, 5.41) is 23.1. The van der Waals surface area contributed by atoms with Crippen LogP contribution in [0, 0.1) is 0 Å². The minimum atomic E-state index is 0.420. The Kier molecular flexibility index (Phi) is 6.14. The molecule has 0 aliphatic carbocycles. The molecule has 3 heterocycles. The van der Waals surface area contributed by atoms with Gasteiger partial charge in [0.05, 0.1) is 0 Å². The third kappa shape index (κ3) is 4.90. The molecular weight excluding hydrogens is 342 g/mol. The van der Waals surface area contributed by atoms with Crippen molar-refractivity contribution in [2.24, 2.45) is 4.99 Å². The minimum Gasteiger partial charge on any atom is -0.355 e. The van der Waals surface area contributed by atoms with Gasteiger partial charge >= 0.3 is 0 Å². The van der Waals surface area contributed by atoms with Crippen molar-refractivity contribution in [2.75, 3.05) is 13.1 Å². The maximum absolute atomic E-state index is 4.64. The summed E-state index contributed by atoms with van der Waals surface area (Å²) in [6.07, 6.45) is 4.54. The van der Waals surface area contributed by atoms with E-state index in [1.54, 1.807) is 6.33 Å². The molecule has 3 aromatic rings. The van der Waals surface area contributed by atoms with Gasteiger partial charge in [-0.1, -0.05) is 25.1 Å². The molecule has 3 rings (SSSR count). The molecule has 0 fully saturated rings. The molecule has 142 valence electrons. The fourth-order valence-electron chi connectivity index (χ4n) is 2.59. The van der Waals surface area contributed by atoms with Crippen molar-refractivity contribution >= 4 is 11.6 Å². The number of pyridine rings is 1. The zero-order valence-corrected chi connectivity index (χ0v) is 15.8. The number of aromatic nitrogens is 6. The number of fused-ring (bicyclic) bond motifs is 1. The second-order valence-corrected chi connectivity index (χ2v) is 6.24. The zero-order valence-electron chi connectivity index (χ0n) is 15.8. The number of rotatable bonds is 8. The van der Waals surface area contributed by atoms with Crippen LogP contribution in [0.1, 0.15) is 25.5 Å². The zero-order chi connectivity index (χ0) is 19.1. The quantitative estimate of drug-likeness (QED) is 0.353. The lowest BCUT2D eigenvalue weighted by molar-refractivity contribution is 0.632. The number of nitrogens with one attached hydrogen (secondary N) is 2. The highest BCUT2D eigenvalue weighted by Crippen LogP contribution is 2.03. The molecular formula is C18H25N9. The van der Waals surface area contributed by atoms with Crippen molar-refractivity contribution in [3.8, 4) is 0 Å². The van der Waals surface area contributed by atoms with E-state index >= 15 is 0 Å². The fraction of sp³-hybridized carbons (Fsp3) is 0.389. The summed E-state index contributed by atoms with van der Waals surface area (Å²) < 4.78 is 3.97. The molecule has 0 radical (unpaired) electrons. The molecule has 9 heteroatoms. The Morgan fingerprint density at radius 3 is 2.89 bits per heavy atom. The molecule has 0 bridgehead atoms. The van der Waals surface area contributed by atoms with E-state index in [1.807, 2.05) is 40.3 Å². The van der Waals surface area contributed by atoms with E-state index in [2.05, 4.69) is 49.5 Å². The van der Waals surface area contributed by atoms with Gasteiger partial charge in [-0.2, -0.15) is 0 Å². The predicted octanol–water partition coefficient (Wildman–Crippen LogP) is 1.19. The second-order valence-electron chi connectivity index (χ2n) is 6.24. The molecule has 0 saturated carbocycles. The van der Waals surface area contributed by atoms with Gasteiger partial charge < -0.3 is 15.2 Å². The highest BCUT2D eigenvalue weighted by Gasteiger charge is 2.06. The summed E-state index contributed by atoms with van der Waals surface area (Å²) in [6.45, 7) is 10.5. The number of guanidine groups is 1. The van der Waals surface area contributed by atoms with Crippen molar-refractivity contribution in [1.82, 2.24) is 40.0 Å². The molecule has 0 amide bonds. The summed E-state index contributed by atoms with van der Waals surface area (Å²) >= 11 is 0. The van der Waals surface area contributed by atoms with Gasteiger partial charge in [-0.25, -0.2) is 4.99 Å². The van der Waals surface area contributed by atoms with Crippen molar-refractivity contribution in [3.05, 3.63) is 54.5 Å². The molecule has 0 spiro atoms. The molecule has 0 aromatic carbocycles. The van der Waals surface area contributed by atoms with Crippen LogP contribution in [0.25, 0.3) is 5.65 Å². The Balaban J connectivity index is 1.64. The highest BCUT2D eigenvalue weighted by molar-refractivity contribution is 5.79. The lowest BCUT2D eigenvalue weighted by Crippen LogP contribution is -2.39. The molecule has 3 aromatic heterocycles. The van der Waals surface area contributed by atoms with Crippen molar-refractivity contribution in [1.29, 1.82) is 0 Å². The molecule has 0 aliphatic rings. The van der Waals surface area contributed by atoms with Gasteiger partial charge in [0.2, 0.25) is 0 Å². The van der Waals surface area contributed by atoms with Crippen LogP contribution in [0.3, 0.4) is 0 Å². The molecule has 9 nitrogen and oxygen atoms in total. The van der Waals surface area contributed by atoms with Gasteiger partial charge in [-0.05, 0) is 19.1 Å². The molecule has 27 heavy (non-hydrogen) atoms. The van der Waals surface area contributed by atoms with E-state index in [-0.39, 0.29) is 0 Å². The van der Waals surface area contributed by atoms with Crippen LogP contribution < -0.4 is 10.6 Å². The monoisotopic (exact) mass is 367 g/mol. The molecule has 0 unspecified atom stereocenters. The van der Waals surface area contributed by atoms with Gasteiger partial charge in [0.25, 0.3) is 0 Å². The highest BCUT2D eigenvalue weighted by atomic mass is 15.3. The largest absolute Gasteiger partial charge is 0.355 e. The Morgan fingerprint density at radius 2 is 2.07 bits per heavy atom. The summed E-state index contributed by atoms with van der Waals surface area (Å²) in [5.74, 6) is 2.46. The number of hydrogen-bond donors (Lipinski definition) is 2. The van der Waals surface area contributed by atoms with Gasteiger partial charge in [-0.15, -0.1) is 20.4 Å². The standard InChI is InChI=1S/C18H25N9/c1-4-15-23-22-13-26(15)10-8-19-18(20-11-14(2)3)21-12-17-25-24-16-7-5-6-9-27(16)17/h5-7,9,13H,2,4,8,10-12H2,1,3H3,(H2,19,20,21). The molecule has 0 aliphatic heterocycles. The number of aryl methyl sites for hydroxylation is 1. The van der Waals surface area contributed by atoms with Gasteiger partial charge in [-0.3, -0.25) is 4.40 Å². The molecule has 0 atom stereocenters. The van der Waals surface area contributed by atoms with Crippen molar-refractivity contribution in [2.45, 2.75) is 33.4 Å². The SMILES string of the molecule is C=C(C)CNC(=NCc1nnc2ccccn12)NCCn1cnnc1CC. The Bertz CT molecular complexity index is 922. The number of nitrogens with zero attached hydrogens (tertiary/aromatic N) is 7. The fourth-order valence-corrected chi connectivity index (χ4v) is 2.59. The van der Waals surface area contributed by atoms with E-state index in [0.29, 0.717) is 25.6 Å². The first-order valence-electron chi connectivity index (χ1n) is 8.99. The molecule has 2 N–H and O–H groups in total. The summed E-state index contributed by atoms with van der Waals surface area (Å²) in [6, 6.07) is 5.81. The van der Waals surface area contributed by atoms with E-state index in [1.165, 1.54) is 0 Å². The van der Waals surface area contributed by atoms with Gasteiger partial charge in [0, 0.05) is 32.3 Å². The maximum Gasteiger partial charge on any atom is 0.192 e. The summed E-state index contributed by atoms with van der Waals surface area (Å²) in [7, 11) is 0. The van der Waals surface area contributed by atoms with Crippen LogP contribution in [-0.2, 0) is 19.5 Å². The topological polar surface area (TPSA) is 97.3 Å². The third-order valence-corrected chi connectivity index (χ3v) is 3.98. The average molecular weight is 367 g/mol. The summed E-state index contributed by atoms with van der Waals surface area (Å²) in [4.78, 5) is 4.64. The van der Waals surface area contributed by atoms with E-state index in [4.69, 9.17) is 0 Å². The van der Waals surface area contributed by atoms with Gasteiger partial charge in [0.15, 0.2) is 17.4 Å². The smallest absolute Gasteiger partial charge is 0.192 e. The first-order chi connectivity index (χ1) is 13.2. The second kappa shape index (κ2) is 8.93. The van der Waals surface area contributed by atoms with Crippen LogP contribution >= 0.6 is 0 Å². The number of aliphatic imine (C=N–C) groups is 1.